The minimum absolute atomic E-state index is 0.0671. The zero-order chi connectivity index (χ0) is 22.1. The maximum atomic E-state index is 13.3. The number of nitrogens with zero attached hydrogens (tertiary/aromatic N) is 4. The third-order valence-corrected chi connectivity index (χ3v) is 4.73. The van der Waals surface area contributed by atoms with Gasteiger partial charge in [-0.05, 0) is 42.0 Å². The SMILES string of the molecule is COc1ccc(N2Cc3nc(=O)n(CC(=O)NCc4cc(F)cc(F)c4)n3C2=O)cc1. The molecule has 3 aromatic rings. The third-order valence-electron chi connectivity index (χ3n) is 4.73. The summed E-state index contributed by atoms with van der Waals surface area (Å²) >= 11 is 0. The van der Waals surface area contributed by atoms with Gasteiger partial charge < -0.3 is 10.1 Å². The molecule has 31 heavy (non-hydrogen) atoms. The summed E-state index contributed by atoms with van der Waals surface area (Å²) < 4.78 is 33.6. The molecule has 0 fully saturated rings. The first-order valence-corrected chi connectivity index (χ1v) is 9.22. The number of carbonyl (C=O) groups is 2. The lowest BCUT2D eigenvalue weighted by atomic mass is 10.2. The predicted molar refractivity (Wildman–Crippen MR) is 105 cm³/mol. The van der Waals surface area contributed by atoms with E-state index in [0.29, 0.717) is 11.4 Å². The van der Waals surface area contributed by atoms with Crippen LogP contribution in [0.1, 0.15) is 11.4 Å². The largest absolute Gasteiger partial charge is 0.497 e. The first kappa shape index (κ1) is 20.3. The Morgan fingerprint density at radius 3 is 2.45 bits per heavy atom. The minimum atomic E-state index is -0.765. The van der Waals surface area contributed by atoms with Gasteiger partial charge in [-0.3, -0.25) is 9.69 Å². The van der Waals surface area contributed by atoms with Gasteiger partial charge in [-0.2, -0.15) is 9.67 Å². The summed E-state index contributed by atoms with van der Waals surface area (Å²) in [6, 6.07) is 9.13. The molecule has 0 radical (unpaired) electrons. The van der Waals surface area contributed by atoms with Gasteiger partial charge in [0.1, 0.15) is 23.9 Å². The van der Waals surface area contributed by atoms with E-state index in [1.165, 1.54) is 12.0 Å². The van der Waals surface area contributed by atoms with Crippen molar-refractivity contribution in [2.45, 2.75) is 19.6 Å². The number of benzene rings is 2. The molecule has 11 heteroatoms. The van der Waals surface area contributed by atoms with Crippen molar-refractivity contribution < 1.29 is 23.1 Å². The van der Waals surface area contributed by atoms with Gasteiger partial charge in [-0.25, -0.2) is 23.1 Å². The number of carbonyl (C=O) groups excluding carboxylic acids is 2. The standard InChI is InChI=1S/C20H17F2N5O4/c1-31-16-4-2-15(3-5-16)25-10-17-24-19(29)26(27(17)20(25)30)11-18(28)23-9-12-6-13(21)8-14(22)7-12/h2-8H,9-11H2,1H3,(H,23,28). The van der Waals surface area contributed by atoms with E-state index < -0.39 is 35.8 Å². The number of ether oxygens (including phenoxy) is 1. The molecule has 0 unspecified atom stereocenters. The molecule has 0 saturated heterocycles. The molecule has 2 aromatic carbocycles. The molecular weight excluding hydrogens is 412 g/mol. The van der Waals surface area contributed by atoms with Crippen molar-refractivity contribution in [1.29, 1.82) is 0 Å². The van der Waals surface area contributed by atoms with Crippen LogP contribution in [0.5, 0.6) is 5.75 Å². The summed E-state index contributed by atoms with van der Waals surface area (Å²) in [6.45, 7) is -0.557. The number of hydrogen-bond acceptors (Lipinski definition) is 5. The molecule has 0 atom stereocenters. The number of aromatic nitrogens is 3. The van der Waals surface area contributed by atoms with Crippen LogP contribution in [0.4, 0.5) is 19.3 Å². The van der Waals surface area contributed by atoms with Crippen LogP contribution >= 0.6 is 0 Å². The molecule has 9 nitrogen and oxygen atoms in total. The highest BCUT2D eigenvalue weighted by Crippen LogP contribution is 2.25. The average Bonchev–Trinajstić information content (AvgIpc) is 3.21. The molecule has 1 aromatic heterocycles. The lowest BCUT2D eigenvalue weighted by Gasteiger charge is -2.16. The third kappa shape index (κ3) is 4.02. The second kappa shape index (κ2) is 8.01. The number of anilines is 1. The number of methoxy groups -OCH3 is 1. The van der Waals surface area contributed by atoms with E-state index in [1.807, 2.05) is 0 Å². The summed E-state index contributed by atoms with van der Waals surface area (Å²) in [4.78, 5) is 42.6. The van der Waals surface area contributed by atoms with Crippen LogP contribution in [-0.4, -0.2) is 33.4 Å². The van der Waals surface area contributed by atoms with E-state index in [2.05, 4.69) is 10.3 Å². The van der Waals surface area contributed by atoms with Gasteiger partial charge in [-0.1, -0.05) is 0 Å². The van der Waals surface area contributed by atoms with Gasteiger partial charge in [0.2, 0.25) is 5.91 Å². The normalized spacial score (nSPS) is 12.7. The Kier molecular flexibility index (Phi) is 5.24. The Bertz CT molecular complexity index is 1200. The van der Waals surface area contributed by atoms with E-state index >= 15 is 0 Å². The Hall–Kier alpha value is -4.02. The highest BCUT2D eigenvalue weighted by Gasteiger charge is 2.33. The van der Waals surface area contributed by atoms with Crippen LogP contribution in [0.25, 0.3) is 0 Å². The van der Waals surface area contributed by atoms with E-state index in [-0.39, 0.29) is 24.5 Å². The summed E-state index contributed by atoms with van der Waals surface area (Å²) in [6.07, 6.45) is 0. The van der Waals surface area contributed by atoms with Gasteiger partial charge in [-0.15, -0.1) is 0 Å². The average molecular weight is 429 g/mol. The number of rotatable bonds is 6. The van der Waals surface area contributed by atoms with Crippen molar-refractivity contribution in [3.05, 3.63) is 76.0 Å². The molecule has 1 aliphatic heterocycles. The molecule has 1 N–H and O–H groups in total. The van der Waals surface area contributed by atoms with Crippen molar-refractivity contribution in [2.75, 3.05) is 12.0 Å². The second-order valence-electron chi connectivity index (χ2n) is 6.80. The number of fused-ring (bicyclic) bond motifs is 1. The second-order valence-corrected chi connectivity index (χ2v) is 6.80. The van der Waals surface area contributed by atoms with Crippen LogP contribution in [0.15, 0.2) is 47.3 Å². The van der Waals surface area contributed by atoms with Crippen molar-refractivity contribution in [3.63, 3.8) is 0 Å². The molecule has 2 heterocycles. The van der Waals surface area contributed by atoms with Crippen molar-refractivity contribution in [2.24, 2.45) is 0 Å². The maximum Gasteiger partial charge on any atom is 0.365 e. The minimum Gasteiger partial charge on any atom is -0.497 e. The molecule has 160 valence electrons. The van der Waals surface area contributed by atoms with Crippen LogP contribution in [0.3, 0.4) is 0 Å². The van der Waals surface area contributed by atoms with E-state index in [9.17, 15) is 23.2 Å². The van der Waals surface area contributed by atoms with Crippen LogP contribution < -0.4 is 20.6 Å². The van der Waals surface area contributed by atoms with Gasteiger partial charge in [0.05, 0.1) is 13.7 Å². The Balaban J connectivity index is 1.48. The zero-order valence-electron chi connectivity index (χ0n) is 16.3. The highest BCUT2D eigenvalue weighted by molar-refractivity contribution is 5.95. The molecule has 4 rings (SSSR count). The van der Waals surface area contributed by atoms with E-state index in [4.69, 9.17) is 4.74 Å². The Morgan fingerprint density at radius 1 is 1.13 bits per heavy atom. The van der Waals surface area contributed by atoms with E-state index in [0.717, 1.165) is 27.6 Å². The van der Waals surface area contributed by atoms with Crippen molar-refractivity contribution in [3.8, 4) is 5.75 Å². The fourth-order valence-electron chi connectivity index (χ4n) is 3.29. The Morgan fingerprint density at radius 2 is 1.81 bits per heavy atom. The summed E-state index contributed by atoms with van der Waals surface area (Å²) in [5.74, 6) is -1.33. The van der Waals surface area contributed by atoms with Crippen LogP contribution in [0.2, 0.25) is 0 Å². The fraction of sp³-hybridized carbons (Fsp3) is 0.200. The quantitative estimate of drug-likeness (QED) is 0.642. The summed E-state index contributed by atoms with van der Waals surface area (Å²) in [7, 11) is 1.53. The molecule has 2 amide bonds. The van der Waals surface area contributed by atoms with Gasteiger partial charge in [0.25, 0.3) is 0 Å². The monoisotopic (exact) mass is 429 g/mol. The van der Waals surface area contributed by atoms with Gasteiger partial charge in [0.15, 0.2) is 5.82 Å². The Labute approximate surface area is 174 Å². The van der Waals surface area contributed by atoms with E-state index in [1.54, 1.807) is 24.3 Å². The highest BCUT2D eigenvalue weighted by atomic mass is 19.1. The predicted octanol–water partition coefficient (Wildman–Crippen LogP) is 1.64. The van der Waals surface area contributed by atoms with Crippen LogP contribution in [-0.2, 0) is 24.4 Å². The number of halogens is 2. The number of hydrogen-bond donors (Lipinski definition) is 1. The molecule has 1 aliphatic rings. The topological polar surface area (TPSA) is 98.5 Å². The first-order valence-electron chi connectivity index (χ1n) is 9.22. The number of nitrogens with one attached hydrogen (secondary N) is 1. The summed E-state index contributed by atoms with van der Waals surface area (Å²) in [5, 5.41) is 2.47. The first-order chi connectivity index (χ1) is 14.9. The molecular formula is C20H17F2N5O4. The van der Waals surface area contributed by atoms with Crippen molar-refractivity contribution in [1.82, 2.24) is 19.7 Å². The molecule has 0 bridgehead atoms. The smallest absolute Gasteiger partial charge is 0.365 e. The van der Waals surface area contributed by atoms with Gasteiger partial charge in [0, 0.05) is 18.3 Å². The van der Waals surface area contributed by atoms with Crippen LogP contribution in [0, 0.1) is 11.6 Å². The zero-order valence-corrected chi connectivity index (χ0v) is 16.3. The van der Waals surface area contributed by atoms with Gasteiger partial charge >= 0.3 is 11.7 Å². The molecule has 0 spiro atoms. The summed E-state index contributed by atoms with van der Waals surface area (Å²) in [5.41, 5.74) is 0.0519. The van der Waals surface area contributed by atoms with Crippen molar-refractivity contribution >= 4 is 17.6 Å². The molecule has 0 aliphatic carbocycles. The fourth-order valence-corrected chi connectivity index (χ4v) is 3.29. The lowest BCUT2D eigenvalue weighted by molar-refractivity contribution is -0.122. The molecule has 0 saturated carbocycles. The lowest BCUT2D eigenvalue weighted by Crippen LogP contribution is -2.38. The maximum absolute atomic E-state index is 13.3. The number of amides is 2.